The highest BCUT2D eigenvalue weighted by Gasteiger charge is 2.11. The van der Waals surface area contributed by atoms with Gasteiger partial charge in [0.25, 0.3) is 5.91 Å². The van der Waals surface area contributed by atoms with Crippen LogP contribution in [0.5, 0.6) is 5.75 Å². The average Bonchev–Trinajstić information content (AvgIpc) is 2.78. The Morgan fingerprint density at radius 1 is 0.900 bits per heavy atom. The summed E-state index contributed by atoms with van der Waals surface area (Å²) in [7, 11) is 0. The molecule has 3 aromatic rings. The third kappa shape index (κ3) is 6.66. The summed E-state index contributed by atoms with van der Waals surface area (Å²) < 4.78 is 5.92. The molecule has 30 heavy (non-hydrogen) atoms. The van der Waals surface area contributed by atoms with Crippen molar-refractivity contribution < 1.29 is 9.53 Å². The van der Waals surface area contributed by atoms with Crippen molar-refractivity contribution in [3.05, 3.63) is 90.0 Å². The Hall–Kier alpha value is -3.27. The van der Waals surface area contributed by atoms with Crippen molar-refractivity contribution >= 4 is 17.3 Å². The summed E-state index contributed by atoms with van der Waals surface area (Å²) in [6.45, 7) is 3.47. The van der Waals surface area contributed by atoms with Gasteiger partial charge in [-0.05, 0) is 36.2 Å². The van der Waals surface area contributed by atoms with Gasteiger partial charge in [-0.3, -0.25) is 4.79 Å². The molecule has 0 aliphatic rings. The van der Waals surface area contributed by atoms with Crippen LogP contribution in [0.2, 0.25) is 0 Å². The third-order valence-corrected chi connectivity index (χ3v) is 4.85. The monoisotopic (exact) mass is 402 g/mol. The predicted octanol–water partition coefficient (Wildman–Crippen LogP) is 5.97. The first kappa shape index (κ1) is 21.4. The van der Waals surface area contributed by atoms with Gasteiger partial charge in [-0.15, -0.1) is 0 Å². The molecule has 0 heterocycles. The molecule has 156 valence electrons. The van der Waals surface area contributed by atoms with Crippen molar-refractivity contribution in [1.29, 1.82) is 0 Å². The van der Waals surface area contributed by atoms with E-state index in [1.165, 1.54) is 5.56 Å². The van der Waals surface area contributed by atoms with E-state index in [1.807, 2.05) is 66.7 Å². The Labute approximate surface area is 179 Å². The topological polar surface area (TPSA) is 50.4 Å². The van der Waals surface area contributed by atoms with Gasteiger partial charge in [0.15, 0.2) is 0 Å². The van der Waals surface area contributed by atoms with E-state index in [4.69, 9.17) is 4.74 Å². The first-order valence-electron chi connectivity index (χ1n) is 10.7. The van der Waals surface area contributed by atoms with Crippen molar-refractivity contribution in [3.8, 4) is 5.75 Å². The van der Waals surface area contributed by atoms with Gasteiger partial charge in [0, 0.05) is 24.7 Å². The van der Waals surface area contributed by atoms with E-state index in [0.717, 1.165) is 42.8 Å². The summed E-state index contributed by atoms with van der Waals surface area (Å²) in [6, 6.07) is 25.7. The van der Waals surface area contributed by atoms with Crippen LogP contribution < -0.4 is 15.4 Å². The second-order valence-corrected chi connectivity index (χ2v) is 7.25. The fraction of sp³-hybridized carbons (Fsp3) is 0.269. The molecule has 4 heteroatoms. The second-order valence-electron chi connectivity index (χ2n) is 7.25. The number of para-hydroxylation sites is 1. The number of ether oxygens (including phenoxy) is 1. The van der Waals surface area contributed by atoms with Crippen LogP contribution in [0.25, 0.3) is 0 Å². The fourth-order valence-corrected chi connectivity index (χ4v) is 3.21. The lowest BCUT2D eigenvalue weighted by atomic mass is 10.1. The summed E-state index contributed by atoms with van der Waals surface area (Å²) in [5, 5.41) is 6.37. The van der Waals surface area contributed by atoms with Crippen molar-refractivity contribution in [1.82, 2.24) is 5.32 Å². The highest BCUT2D eigenvalue weighted by atomic mass is 16.5. The number of amides is 1. The number of hydrogen-bond donors (Lipinski definition) is 2. The highest BCUT2D eigenvalue weighted by Crippen LogP contribution is 2.24. The summed E-state index contributed by atoms with van der Waals surface area (Å²) in [5.41, 5.74) is 3.57. The Morgan fingerprint density at radius 2 is 1.70 bits per heavy atom. The summed E-state index contributed by atoms with van der Waals surface area (Å²) in [5.74, 6) is 0.752. The van der Waals surface area contributed by atoms with E-state index in [9.17, 15) is 4.79 Å². The summed E-state index contributed by atoms with van der Waals surface area (Å²) in [6.07, 6.45) is 4.12. The van der Waals surface area contributed by atoms with E-state index in [0.29, 0.717) is 18.7 Å². The maximum atomic E-state index is 12.6. The van der Waals surface area contributed by atoms with Gasteiger partial charge < -0.3 is 15.4 Å². The van der Waals surface area contributed by atoms with E-state index >= 15 is 0 Å². The van der Waals surface area contributed by atoms with Crippen LogP contribution in [0, 0.1) is 0 Å². The van der Waals surface area contributed by atoms with Crippen molar-refractivity contribution in [2.75, 3.05) is 18.5 Å². The Kier molecular flexibility index (Phi) is 8.34. The molecular weight excluding hydrogens is 372 g/mol. The van der Waals surface area contributed by atoms with Crippen LogP contribution in [-0.4, -0.2) is 19.1 Å². The lowest BCUT2D eigenvalue weighted by Gasteiger charge is -2.13. The van der Waals surface area contributed by atoms with Crippen LogP contribution in [0.1, 0.15) is 42.1 Å². The molecule has 0 saturated heterocycles. The van der Waals surface area contributed by atoms with Gasteiger partial charge in [0.1, 0.15) is 5.75 Å². The minimum Gasteiger partial charge on any atom is -0.493 e. The van der Waals surface area contributed by atoms with Crippen molar-refractivity contribution in [3.63, 3.8) is 0 Å². The second kappa shape index (κ2) is 11.7. The standard InChI is InChI=1S/C26H30N2O2/c1-2-3-9-18-27-26(29)24-15-7-8-16-25(24)28-22-13-10-14-23(20-22)30-19-17-21-11-5-4-6-12-21/h4-8,10-16,20,28H,2-3,9,17-19H2,1H3,(H,27,29). The largest absolute Gasteiger partial charge is 0.493 e. The van der Waals surface area contributed by atoms with Crippen LogP contribution in [0.15, 0.2) is 78.9 Å². The number of benzene rings is 3. The molecule has 0 fully saturated rings. The Balaban J connectivity index is 1.59. The third-order valence-electron chi connectivity index (χ3n) is 4.85. The molecule has 0 aliphatic carbocycles. The Morgan fingerprint density at radius 3 is 2.53 bits per heavy atom. The van der Waals surface area contributed by atoms with Crippen LogP contribution in [0.3, 0.4) is 0 Å². The molecule has 0 aromatic heterocycles. The number of carbonyl (C=O) groups excluding carboxylic acids is 1. The zero-order chi connectivity index (χ0) is 21.0. The molecule has 0 spiro atoms. The predicted molar refractivity (Wildman–Crippen MR) is 124 cm³/mol. The van der Waals surface area contributed by atoms with Gasteiger partial charge >= 0.3 is 0 Å². The SMILES string of the molecule is CCCCCNC(=O)c1ccccc1Nc1cccc(OCCc2ccccc2)c1. The minimum atomic E-state index is -0.0514. The molecule has 0 atom stereocenters. The highest BCUT2D eigenvalue weighted by molar-refractivity contribution is 6.00. The molecule has 2 N–H and O–H groups in total. The molecule has 4 nitrogen and oxygen atoms in total. The molecule has 3 aromatic carbocycles. The lowest BCUT2D eigenvalue weighted by Crippen LogP contribution is -2.25. The summed E-state index contributed by atoms with van der Waals surface area (Å²) in [4.78, 5) is 12.6. The van der Waals surface area contributed by atoms with Gasteiger partial charge in [0.05, 0.1) is 17.9 Å². The van der Waals surface area contributed by atoms with Crippen LogP contribution in [0.4, 0.5) is 11.4 Å². The van der Waals surface area contributed by atoms with Crippen molar-refractivity contribution in [2.45, 2.75) is 32.6 Å². The number of carbonyl (C=O) groups is 1. The molecular formula is C26H30N2O2. The number of anilines is 2. The zero-order valence-electron chi connectivity index (χ0n) is 17.6. The molecule has 0 aliphatic heterocycles. The number of unbranched alkanes of at least 4 members (excludes halogenated alkanes) is 2. The van der Waals surface area contributed by atoms with E-state index < -0.39 is 0 Å². The molecule has 1 amide bonds. The normalized spacial score (nSPS) is 10.4. The minimum absolute atomic E-state index is 0.0514. The first-order chi connectivity index (χ1) is 14.8. The molecule has 0 bridgehead atoms. The van der Waals surface area contributed by atoms with Crippen LogP contribution in [-0.2, 0) is 6.42 Å². The Bertz CT molecular complexity index is 925. The van der Waals surface area contributed by atoms with E-state index in [1.54, 1.807) is 0 Å². The summed E-state index contributed by atoms with van der Waals surface area (Å²) >= 11 is 0. The molecule has 0 radical (unpaired) electrons. The maximum absolute atomic E-state index is 12.6. The van der Waals surface area contributed by atoms with Crippen molar-refractivity contribution in [2.24, 2.45) is 0 Å². The van der Waals surface area contributed by atoms with Gasteiger partial charge in [-0.2, -0.15) is 0 Å². The molecule has 3 rings (SSSR count). The maximum Gasteiger partial charge on any atom is 0.253 e. The van der Waals surface area contributed by atoms with Crippen LogP contribution >= 0.6 is 0 Å². The smallest absolute Gasteiger partial charge is 0.253 e. The zero-order valence-corrected chi connectivity index (χ0v) is 17.6. The van der Waals surface area contributed by atoms with E-state index in [-0.39, 0.29) is 5.91 Å². The first-order valence-corrected chi connectivity index (χ1v) is 10.7. The molecule has 0 unspecified atom stereocenters. The fourth-order valence-electron chi connectivity index (χ4n) is 3.21. The quantitative estimate of drug-likeness (QED) is 0.388. The van der Waals surface area contributed by atoms with Gasteiger partial charge in [-0.25, -0.2) is 0 Å². The number of hydrogen-bond acceptors (Lipinski definition) is 3. The number of nitrogens with one attached hydrogen (secondary N) is 2. The lowest BCUT2D eigenvalue weighted by molar-refractivity contribution is 0.0954. The van der Waals surface area contributed by atoms with Gasteiger partial charge in [0.2, 0.25) is 0 Å². The average molecular weight is 403 g/mol. The number of rotatable bonds is 11. The van der Waals surface area contributed by atoms with Gasteiger partial charge in [-0.1, -0.05) is 68.3 Å². The van der Waals surface area contributed by atoms with E-state index in [2.05, 4.69) is 29.7 Å². The molecule has 0 saturated carbocycles.